The SMILES string of the molecule is CCCCC(CC)CC1(CC(CC)CCCC)c2ccsc2-c2sccc21.c1cc2c(s1)-c1sccc1C2. The molecule has 4 aromatic heterocycles. The zero-order chi connectivity index (χ0) is 26.5. The van der Waals surface area contributed by atoms with Gasteiger partial charge in [0.1, 0.15) is 0 Å². The molecule has 0 aromatic carbocycles. The molecule has 0 N–H and O–H groups in total. The van der Waals surface area contributed by atoms with E-state index >= 15 is 0 Å². The molecule has 2 atom stereocenters. The van der Waals surface area contributed by atoms with Crippen molar-refractivity contribution in [1.29, 1.82) is 0 Å². The molecule has 0 aliphatic heterocycles. The molecule has 4 aromatic rings. The fourth-order valence-electron chi connectivity index (χ4n) is 6.82. The lowest BCUT2D eigenvalue weighted by Crippen LogP contribution is -2.31. The Morgan fingerprint density at radius 1 is 0.605 bits per heavy atom. The van der Waals surface area contributed by atoms with Crippen molar-refractivity contribution in [3.63, 3.8) is 0 Å². The van der Waals surface area contributed by atoms with Gasteiger partial charge in [-0.3, -0.25) is 0 Å². The van der Waals surface area contributed by atoms with Gasteiger partial charge in [-0.2, -0.15) is 0 Å². The molecular weight excluding hydrogens is 537 g/mol. The van der Waals surface area contributed by atoms with Gasteiger partial charge in [0.15, 0.2) is 0 Å². The van der Waals surface area contributed by atoms with E-state index in [4.69, 9.17) is 0 Å². The second-order valence-corrected chi connectivity index (χ2v) is 15.0. The van der Waals surface area contributed by atoms with E-state index in [9.17, 15) is 0 Å². The predicted octanol–water partition coefficient (Wildman–Crippen LogP) is 12.7. The summed E-state index contributed by atoms with van der Waals surface area (Å²) in [5, 5.41) is 9.07. The Hall–Kier alpha value is -1.20. The van der Waals surface area contributed by atoms with Gasteiger partial charge in [0, 0.05) is 31.3 Å². The summed E-state index contributed by atoms with van der Waals surface area (Å²) in [6.45, 7) is 9.51. The number of rotatable bonds is 12. The molecular formula is C34H44S4. The summed E-state index contributed by atoms with van der Waals surface area (Å²) in [4.78, 5) is 6.20. The number of hydrogen-bond acceptors (Lipinski definition) is 4. The van der Waals surface area contributed by atoms with Crippen molar-refractivity contribution in [3.8, 4) is 19.5 Å². The predicted molar refractivity (Wildman–Crippen MR) is 175 cm³/mol. The van der Waals surface area contributed by atoms with Crippen molar-refractivity contribution in [2.24, 2.45) is 11.8 Å². The van der Waals surface area contributed by atoms with Crippen LogP contribution in [0.4, 0.5) is 0 Å². The molecule has 0 saturated heterocycles. The van der Waals surface area contributed by atoms with Crippen LogP contribution in [0, 0.1) is 11.8 Å². The molecule has 0 spiro atoms. The van der Waals surface area contributed by atoms with Crippen molar-refractivity contribution in [3.05, 3.63) is 68.0 Å². The van der Waals surface area contributed by atoms with Crippen molar-refractivity contribution in [2.75, 3.05) is 0 Å². The average molecular weight is 581 g/mol. The normalized spacial score (nSPS) is 15.8. The standard InChI is InChI=1S/C25H38S2.C9H6S2/c1-5-9-11-19(7-3)17-25(18-20(8-4)12-10-6-2)21-13-15-26-23(21)24-22(25)14-16-27-24;1-3-10-8-6(1)5-7-2-4-11-9(7)8/h13-16,19-20H,5-12,17-18H2,1-4H3;1-4H,5H2. The van der Waals surface area contributed by atoms with Gasteiger partial charge in [-0.1, -0.05) is 79.1 Å². The molecule has 38 heavy (non-hydrogen) atoms. The maximum Gasteiger partial charge on any atom is 0.0486 e. The van der Waals surface area contributed by atoms with E-state index in [0.29, 0.717) is 0 Å². The Morgan fingerprint density at radius 3 is 1.45 bits per heavy atom. The minimum Gasteiger partial charge on any atom is -0.143 e. The third kappa shape index (κ3) is 5.53. The summed E-state index contributed by atoms with van der Waals surface area (Å²) in [7, 11) is 0. The summed E-state index contributed by atoms with van der Waals surface area (Å²) in [5.74, 6) is 1.71. The quantitative estimate of drug-likeness (QED) is 0.138. The van der Waals surface area contributed by atoms with Crippen LogP contribution in [0.15, 0.2) is 45.8 Å². The lowest BCUT2D eigenvalue weighted by Gasteiger charge is -2.37. The Balaban J connectivity index is 0.000000218. The summed E-state index contributed by atoms with van der Waals surface area (Å²) >= 11 is 7.69. The zero-order valence-corrected chi connectivity index (χ0v) is 27.0. The Kier molecular flexibility index (Phi) is 9.68. The topological polar surface area (TPSA) is 0 Å². The van der Waals surface area contributed by atoms with Gasteiger partial charge in [0.05, 0.1) is 0 Å². The molecule has 0 bridgehead atoms. The van der Waals surface area contributed by atoms with Gasteiger partial charge in [-0.15, -0.1) is 45.3 Å². The van der Waals surface area contributed by atoms with Crippen LogP contribution in [0.1, 0.15) is 114 Å². The zero-order valence-electron chi connectivity index (χ0n) is 23.7. The smallest absolute Gasteiger partial charge is 0.0486 e. The van der Waals surface area contributed by atoms with E-state index in [0.717, 1.165) is 18.3 Å². The monoisotopic (exact) mass is 580 g/mol. The minimum absolute atomic E-state index is 0.285. The van der Waals surface area contributed by atoms with Crippen molar-refractivity contribution < 1.29 is 0 Å². The molecule has 0 nitrogen and oxygen atoms in total. The number of thiophene rings is 4. The fourth-order valence-corrected chi connectivity index (χ4v) is 11.1. The van der Waals surface area contributed by atoms with Crippen LogP contribution >= 0.6 is 45.3 Å². The third-order valence-corrected chi connectivity index (χ3v) is 13.1. The van der Waals surface area contributed by atoms with Gasteiger partial charge >= 0.3 is 0 Å². The van der Waals surface area contributed by atoms with Crippen LogP contribution in [-0.2, 0) is 11.8 Å². The van der Waals surface area contributed by atoms with E-state index < -0.39 is 0 Å². The lowest BCUT2D eigenvalue weighted by atomic mass is 9.66. The third-order valence-electron chi connectivity index (χ3n) is 9.01. The highest BCUT2D eigenvalue weighted by atomic mass is 32.1. The van der Waals surface area contributed by atoms with Crippen LogP contribution in [-0.4, -0.2) is 0 Å². The van der Waals surface area contributed by atoms with Crippen LogP contribution in [0.3, 0.4) is 0 Å². The Bertz CT molecular complexity index is 1180. The van der Waals surface area contributed by atoms with Gasteiger partial charge in [0.2, 0.25) is 0 Å². The molecule has 2 aliphatic rings. The first-order valence-corrected chi connectivity index (χ1v) is 18.5. The maximum absolute atomic E-state index is 2.48. The largest absolute Gasteiger partial charge is 0.143 e. The highest BCUT2D eigenvalue weighted by Gasteiger charge is 2.46. The molecule has 4 heterocycles. The molecule has 2 aliphatic carbocycles. The second-order valence-electron chi connectivity index (χ2n) is 11.4. The number of hydrogen-bond donors (Lipinski definition) is 0. The molecule has 204 valence electrons. The van der Waals surface area contributed by atoms with Crippen molar-refractivity contribution in [1.82, 2.24) is 0 Å². The molecule has 0 radical (unpaired) electrons. The van der Waals surface area contributed by atoms with Crippen LogP contribution in [0.25, 0.3) is 19.5 Å². The van der Waals surface area contributed by atoms with Gasteiger partial charge in [0.25, 0.3) is 0 Å². The highest BCUT2D eigenvalue weighted by molar-refractivity contribution is 7.21. The van der Waals surface area contributed by atoms with E-state index in [1.807, 2.05) is 45.3 Å². The summed E-state index contributed by atoms with van der Waals surface area (Å²) in [5.41, 5.74) is 6.69. The molecule has 6 rings (SSSR count). The molecule has 4 heteroatoms. The first kappa shape index (κ1) is 28.3. The van der Waals surface area contributed by atoms with Crippen LogP contribution < -0.4 is 0 Å². The van der Waals surface area contributed by atoms with E-state index in [2.05, 4.69) is 73.5 Å². The Morgan fingerprint density at radius 2 is 1.03 bits per heavy atom. The van der Waals surface area contributed by atoms with Gasteiger partial charge < -0.3 is 0 Å². The van der Waals surface area contributed by atoms with E-state index in [-0.39, 0.29) is 5.41 Å². The molecule has 0 amide bonds. The van der Waals surface area contributed by atoms with Crippen molar-refractivity contribution in [2.45, 2.75) is 104 Å². The van der Waals surface area contributed by atoms with E-state index in [1.54, 1.807) is 20.9 Å². The fraction of sp³-hybridized carbons (Fsp3) is 0.529. The molecule has 2 unspecified atom stereocenters. The second kappa shape index (κ2) is 13.0. The van der Waals surface area contributed by atoms with Crippen LogP contribution in [0.2, 0.25) is 0 Å². The van der Waals surface area contributed by atoms with Crippen LogP contribution in [0.5, 0.6) is 0 Å². The number of fused-ring (bicyclic) bond motifs is 6. The van der Waals surface area contributed by atoms with Crippen molar-refractivity contribution >= 4 is 45.3 Å². The minimum atomic E-state index is 0.285. The molecule has 0 saturated carbocycles. The number of unbranched alkanes of at least 4 members (excludes halogenated alkanes) is 2. The summed E-state index contributed by atoms with van der Waals surface area (Å²) in [6.07, 6.45) is 14.8. The lowest BCUT2D eigenvalue weighted by molar-refractivity contribution is 0.266. The van der Waals surface area contributed by atoms with Gasteiger partial charge in [-0.05, 0) is 92.7 Å². The maximum atomic E-state index is 2.48. The van der Waals surface area contributed by atoms with Gasteiger partial charge in [-0.25, -0.2) is 0 Å². The molecule has 0 fully saturated rings. The first-order valence-electron chi connectivity index (χ1n) is 14.9. The summed E-state index contributed by atoms with van der Waals surface area (Å²) in [6, 6.07) is 9.44. The first-order chi connectivity index (χ1) is 18.6. The Labute approximate surface area is 247 Å². The average Bonchev–Trinajstić information content (AvgIpc) is 3.75. The van der Waals surface area contributed by atoms with E-state index in [1.165, 1.54) is 85.1 Å². The highest BCUT2D eigenvalue weighted by Crippen LogP contribution is 2.59. The summed E-state index contributed by atoms with van der Waals surface area (Å²) < 4.78 is 0.